The minimum atomic E-state index is -3.55. The van der Waals surface area contributed by atoms with Gasteiger partial charge in [-0.3, -0.25) is 0 Å². The molecule has 116 valence electrons. The summed E-state index contributed by atoms with van der Waals surface area (Å²) in [5.74, 6) is -6.27. The number of ether oxygens (including phenoxy) is 2. The summed E-state index contributed by atoms with van der Waals surface area (Å²) < 4.78 is 39.0. The van der Waals surface area contributed by atoms with Crippen LogP contribution in [0.2, 0.25) is 0 Å². The minimum Gasteiger partial charge on any atom is -0.422 e. The molecule has 1 aromatic rings. The Morgan fingerprint density at radius 1 is 1.29 bits per heavy atom. The molecule has 0 aromatic heterocycles. The van der Waals surface area contributed by atoms with E-state index in [4.69, 9.17) is 9.47 Å². The molecule has 0 N–H and O–H groups in total. The fraction of sp³-hybridized carbons (Fsp3) is 0.562. The van der Waals surface area contributed by atoms with Crippen LogP contribution in [-0.2, 0) is 9.53 Å². The normalized spacial score (nSPS) is 25.8. The second-order valence-electron chi connectivity index (χ2n) is 5.37. The zero-order valence-corrected chi connectivity index (χ0v) is 12.2. The fourth-order valence-corrected chi connectivity index (χ4v) is 3.09. The lowest BCUT2D eigenvalue weighted by molar-refractivity contribution is -0.180. The number of carbonyl (C=O) groups is 1. The van der Waals surface area contributed by atoms with Crippen molar-refractivity contribution in [3.8, 4) is 5.75 Å². The summed E-state index contributed by atoms with van der Waals surface area (Å²) in [6.45, 7) is 1.86. The van der Waals surface area contributed by atoms with Crippen molar-refractivity contribution in [3.63, 3.8) is 0 Å². The highest BCUT2D eigenvalue weighted by Gasteiger charge is 2.57. The number of benzene rings is 1. The van der Waals surface area contributed by atoms with Gasteiger partial charge >= 0.3 is 11.9 Å². The van der Waals surface area contributed by atoms with Crippen LogP contribution in [0.4, 0.5) is 8.78 Å². The number of rotatable bonds is 5. The molecule has 0 radical (unpaired) electrons. The van der Waals surface area contributed by atoms with E-state index in [9.17, 15) is 13.6 Å². The zero-order valence-electron chi connectivity index (χ0n) is 12.2. The van der Waals surface area contributed by atoms with Crippen LogP contribution in [0.5, 0.6) is 5.75 Å². The molecule has 1 aromatic carbocycles. The molecular formula is C16H20F2O3. The molecule has 2 rings (SSSR count). The molecule has 3 unspecified atom stereocenters. The molecule has 5 heteroatoms. The lowest BCUT2D eigenvalue weighted by atomic mass is 9.86. The zero-order chi connectivity index (χ0) is 15.5. The van der Waals surface area contributed by atoms with Crippen LogP contribution in [0.15, 0.2) is 30.3 Å². The first kappa shape index (κ1) is 15.9. The molecule has 0 aliphatic heterocycles. The molecule has 0 heterocycles. The molecule has 21 heavy (non-hydrogen) atoms. The van der Waals surface area contributed by atoms with E-state index in [1.807, 2.05) is 6.92 Å². The Hall–Kier alpha value is -1.49. The standard InChI is InChI=1S/C16H20F2O3/c1-3-11-9-10-13(20-2)14(11)16(17,18)15(19)21-12-7-5-4-6-8-12/h4-8,11,13-14H,3,9-10H2,1-2H3. The van der Waals surface area contributed by atoms with Gasteiger partial charge in [0.2, 0.25) is 0 Å². The van der Waals surface area contributed by atoms with Crippen molar-refractivity contribution in [2.24, 2.45) is 11.8 Å². The Bertz CT molecular complexity index is 464. The number of halogens is 2. The lowest BCUT2D eigenvalue weighted by Gasteiger charge is -2.29. The number of alkyl halides is 2. The maximum atomic E-state index is 14.5. The van der Waals surface area contributed by atoms with Crippen molar-refractivity contribution in [2.45, 2.75) is 38.2 Å². The van der Waals surface area contributed by atoms with E-state index < -0.39 is 23.9 Å². The second-order valence-corrected chi connectivity index (χ2v) is 5.37. The first-order valence-electron chi connectivity index (χ1n) is 7.18. The van der Waals surface area contributed by atoms with Crippen molar-refractivity contribution in [2.75, 3.05) is 7.11 Å². The minimum absolute atomic E-state index is 0.127. The molecule has 1 saturated carbocycles. The number of hydrogen-bond acceptors (Lipinski definition) is 3. The third-order valence-corrected chi connectivity index (χ3v) is 4.20. The predicted octanol–water partition coefficient (Wildman–Crippen LogP) is 3.68. The van der Waals surface area contributed by atoms with Gasteiger partial charge in [0.25, 0.3) is 0 Å². The molecule has 1 fully saturated rings. The van der Waals surface area contributed by atoms with Gasteiger partial charge in [-0.1, -0.05) is 31.5 Å². The van der Waals surface area contributed by atoms with Crippen LogP contribution in [0.1, 0.15) is 26.2 Å². The molecule has 3 nitrogen and oxygen atoms in total. The number of carbonyl (C=O) groups excluding carboxylic acids is 1. The molecule has 3 atom stereocenters. The van der Waals surface area contributed by atoms with Gasteiger partial charge in [-0.05, 0) is 30.9 Å². The lowest BCUT2D eigenvalue weighted by Crippen LogP contribution is -2.46. The van der Waals surface area contributed by atoms with Gasteiger partial charge in [-0.25, -0.2) is 4.79 Å². The Morgan fingerprint density at radius 2 is 1.95 bits per heavy atom. The quantitative estimate of drug-likeness (QED) is 0.614. The molecular weight excluding hydrogens is 278 g/mol. The summed E-state index contributed by atoms with van der Waals surface area (Å²) >= 11 is 0. The maximum absolute atomic E-state index is 14.5. The van der Waals surface area contributed by atoms with Gasteiger partial charge in [0, 0.05) is 7.11 Å². The van der Waals surface area contributed by atoms with Gasteiger partial charge in [0.05, 0.1) is 12.0 Å². The Labute approximate surface area is 123 Å². The van der Waals surface area contributed by atoms with E-state index >= 15 is 0 Å². The number of methoxy groups -OCH3 is 1. The molecule has 0 bridgehead atoms. The van der Waals surface area contributed by atoms with Crippen molar-refractivity contribution >= 4 is 5.97 Å². The van der Waals surface area contributed by atoms with Crippen LogP contribution < -0.4 is 4.74 Å². The van der Waals surface area contributed by atoms with Gasteiger partial charge in [0.1, 0.15) is 5.75 Å². The topological polar surface area (TPSA) is 35.5 Å². The van der Waals surface area contributed by atoms with Crippen molar-refractivity contribution in [1.82, 2.24) is 0 Å². The summed E-state index contributed by atoms with van der Waals surface area (Å²) in [6.07, 6.45) is 1.19. The summed E-state index contributed by atoms with van der Waals surface area (Å²) in [4.78, 5) is 11.9. The number of hydrogen-bond donors (Lipinski definition) is 0. The molecule has 0 spiro atoms. The van der Waals surface area contributed by atoms with Crippen LogP contribution in [0.3, 0.4) is 0 Å². The van der Waals surface area contributed by atoms with Gasteiger partial charge in [-0.15, -0.1) is 0 Å². The summed E-state index contributed by atoms with van der Waals surface area (Å²) in [7, 11) is 1.41. The van der Waals surface area contributed by atoms with Crippen molar-refractivity contribution in [3.05, 3.63) is 30.3 Å². The van der Waals surface area contributed by atoms with Crippen LogP contribution in [0.25, 0.3) is 0 Å². The van der Waals surface area contributed by atoms with Crippen LogP contribution in [-0.4, -0.2) is 25.1 Å². The first-order valence-corrected chi connectivity index (χ1v) is 7.18. The van der Waals surface area contributed by atoms with E-state index in [0.717, 1.165) is 0 Å². The Balaban J connectivity index is 2.17. The average Bonchev–Trinajstić information content (AvgIpc) is 2.92. The third-order valence-electron chi connectivity index (χ3n) is 4.20. The van der Waals surface area contributed by atoms with Crippen molar-refractivity contribution in [1.29, 1.82) is 0 Å². The van der Waals surface area contributed by atoms with Gasteiger partial charge in [-0.2, -0.15) is 8.78 Å². The number of esters is 1. The van der Waals surface area contributed by atoms with Gasteiger partial charge < -0.3 is 9.47 Å². The Morgan fingerprint density at radius 3 is 2.52 bits per heavy atom. The average molecular weight is 298 g/mol. The SMILES string of the molecule is CCC1CCC(OC)C1C(F)(F)C(=O)Oc1ccccc1. The summed E-state index contributed by atoms with van der Waals surface area (Å²) in [6, 6.07) is 7.94. The predicted molar refractivity (Wildman–Crippen MR) is 74.3 cm³/mol. The van der Waals surface area contributed by atoms with Crippen molar-refractivity contribution < 1.29 is 23.0 Å². The fourth-order valence-electron chi connectivity index (χ4n) is 3.09. The highest BCUT2D eigenvalue weighted by Crippen LogP contribution is 2.45. The maximum Gasteiger partial charge on any atom is 0.382 e. The van der Waals surface area contributed by atoms with Crippen LogP contribution in [0, 0.1) is 11.8 Å². The highest BCUT2D eigenvalue weighted by atomic mass is 19.3. The molecule has 0 amide bonds. The molecule has 1 aliphatic rings. The van der Waals surface area contributed by atoms with E-state index in [1.165, 1.54) is 19.2 Å². The molecule has 0 saturated heterocycles. The van der Waals surface area contributed by atoms with E-state index in [0.29, 0.717) is 19.3 Å². The largest absolute Gasteiger partial charge is 0.422 e. The van der Waals surface area contributed by atoms with E-state index in [2.05, 4.69) is 0 Å². The second kappa shape index (κ2) is 6.52. The molecule has 1 aliphatic carbocycles. The number of para-hydroxylation sites is 1. The van der Waals surface area contributed by atoms with Crippen LogP contribution >= 0.6 is 0 Å². The highest BCUT2D eigenvalue weighted by molar-refractivity contribution is 5.80. The first-order chi connectivity index (χ1) is 10.0. The van der Waals surface area contributed by atoms with Gasteiger partial charge in [0.15, 0.2) is 0 Å². The summed E-state index contributed by atoms with van der Waals surface area (Å²) in [5, 5.41) is 0. The summed E-state index contributed by atoms with van der Waals surface area (Å²) in [5.41, 5.74) is 0. The van der Waals surface area contributed by atoms with E-state index in [1.54, 1.807) is 18.2 Å². The Kier molecular flexibility index (Phi) is 4.93. The third kappa shape index (κ3) is 3.23. The monoisotopic (exact) mass is 298 g/mol. The smallest absolute Gasteiger partial charge is 0.382 e. The van der Waals surface area contributed by atoms with E-state index in [-0.39, 0.29) is 11.7 Å².